The van der Waals surface area contributed by atoms with Crippen molar-refractivity contribution >= 4 is 11.5 Å². The van der Waals surface area contributed by atoms with E-state index >= 15 is 0 Å². The number of amides is 1. The molecule has 1 fully saturated rings. The third-order valence-electron chi connectivity index (χ3n) is 4.90. The predicted octanol–water partition coefficient (Wildman–Crippen LogP) is 3.55. The van der Waals surface area contributed by atoms with E-state index in [-0.39, 0.29) is 0 Å². The Morgan fingerprint density at radius 2 is 2.05 bits per heavy atom. The molecule has 0 N–H and O–H groups in total. The summed E-state index contributed by atoms with van der Waals surface area (Å²) in [5, 5.41) is 0. The molecule has 0 aromatic heterocycles. The first-order chi connectivity index (χ1) is 9.36. The Kier molecular flexibility index (Phi) is 2.51. The molecule has 1 aromatic carbocycles. The van der Waals surface area contributed by atoms with E-state index in [4.69, 9.17) is 0 Å². The van der Waals surface area contributed by atoms with Gasteiger partial charge in [0.05, 0.1) is 6.04 Å². The smallest absolute Gasteiger partial charge is 0.223 e. The molecule has 2 nitrogen and oxygen atoms in total. The molecule has 1 aliphatic heterocycles. The van der Waals surface area contributed by atoms with E-state index in [9.17, 15) is 4.79 Å². The van der Waals surface area contributed by atoms with Gasteiger partial charge >= 0.3 is 0 Å². The number of allylic oxidation sites excluding steroid dienone is 1. The van der Waals surface area contributed by atoms with Crippen LogP contribution in [-0.2, 0) is 4.79 Å². The number of likely N-dealkylation sites (tertiary alicyclic amines) is 1. The molecule has 98 valence electrons. The van der Waals surface area contributed by atoms with Gasteiger partial charge in [0.1, 0.15) is 0 Å². The van der Waals surface area contributed by atoms with Crippen molar-refractivity contribution in [1.82, 2.24) is 4.90 Å². The average molecular weight is 253 g/mol. The first-order valence-corrected chi connectivity index (χ1v) is 7.45. The van der Waals surface area contributed by atoms with Crippen LogP contribution >= 0.6 is 0 Å². The van der Waals surface area contributed by atoms with Crippen LogP contribution in [0.25, 0.3) is 5.57 Å². The van der Waals surface area contributed by atoms with E-state index in [0.717, 1.165) is 19.4 Å². The van der Waals surface area contributed by atoms with Crippen molar-refractivity contribution in [1.29, 1.82) is 0 Å². The largest absolute Gasteiger partial charge is 0.335 e. The zero-order valence-corrected chi connectivity index (χ0v) is 11.1. The number of rotatable bonds is 1. The van der Waals surface area contributed by atoms with Crippen LogP contribution in [0.2, 0.25) is 0 Å². The minimum atomic E-state index is 0.317. The molecule has 1 aromatic rings. The molecule has 4 rings (SSSR count). The Morgan fingerprint density at radius 3 is 2.89 bits per heavy atom. The van der Waals surface area contributed by atoms with E-state index < -0.39 is 0 Å². The Bertz CT molecular complexity index is 560. The second kappa shape index (κ2) is 4.22. The molecule has 2 heteroatoms. The minimum absolute atomic E-state index is 0.317. The number of carbonyl (C=O) groups excluding carboxylic acids is 1. The number of nitrogens with zero attached hydrogens (tertiary/aromatic N) is 1. The van der Waals surface area contributed by atoms with Crippen LogP contribution < -0.4 is 0 Å². The van der Waals surface area contributed by atoms with Crippen molar-refractivity contribution in [2.24, 2.45) is 5.92 Å². The van der Waals surface area contributed by atoms with Gasteiger partial charge in [-0.15, -0.1) is 0 Å². The van der Waals surface area contributed by atoms with Crippen LogP contribution in [0.5, 0.6) is 0 Å². The highest BCUT2D eigenvalue weighted by atomic mass is 16.2. The van der Waals surface area contributed by atoms with Crippen LogP contribution in [0.15, 0.2) is 30.3 Å². The van der Waals surface area contributed by atoms with Gasteiger partial charge in [0.25, 0.3) is 0 Å². The molecule has 19 heavy (non-hydrogen) atoms. The summed E-state index contributed by atoms with van der Waals surface area (Å²) in [6, 6.07) is 9.02. The Balaban J connectivity index is 1.83. The van der Waals surface area contributed by atoms with Gasteiger partial charge in [-0.1, -0.05) is 30.3 Å². The first kappa shape index (κ1) is 11.3. The zero-order chi connectivity index (χ0) is 12.8. The van der Waals surface area contributed by atoms with Crippen molar-refractivity contribution in [2.45, 2.75) is 38.1 Å². The van der Waals surface area contributed by atoms with Gasteiger partial charge in [0.2, 0.25) is 5.91 Å². The lowest BCUT2D eigenvalue weighted by molar-refractivity contribution is -0.130. The number of fused-ring (bicyclic) bond motifs is 3. The maximum atomic E-state index is 12.2. The van der Waals surface area contributed by atoms with Gasteiger partial charge in [0, 0.05) is 18.9 Å². The van der Waals surface area contributed by atoms with Gasteiger partial charge in [0.15, 0.2) is 0 Å². The molecule has 1 saturated heterocycles. The van der Waals surface area contributed by atoms with E-state index in [1.165, 1.54) is 36.0 Å². The lowest BCUT2D eigenvalue weighted by Crippen LogP contribution is -2.32. The maximum Gasteiger partial charge on any atom is 0.223 e. The summed E-state index contributed by atoms with van der Waals surface area (Å²) in [5.74, 6) is 0.903. The minimum Gasteiger partial charge on any atom is -0.335 e. The second-order valence-electron chi connectivity index (χ2n) is 5.92. The zero-order valence-electron chi connectivity index (χ0n) is 11.1. The molecule has 1 amide bonds. The van der Waals surface area contributed by atoms with Gasteiger partial charge in [-0.25, -0.2) is 0 Å². The molecule has 2 unspecified atom stereocenters. The van der Waals surface area contributed by atoms with Crippen LogP contribution in [0, 0.1) is 5.92 Å². The summed E-state index contributed by atoms with van der Waals surface area (Å²) >= 11 is 0. The standard InChI is InChI=1S/C17H19NO/c19-16-10-5-11-18(16)17-14-8-3-1-6-12(14)13-7-2-4-9-15(13)17/h1,3,6-8,15,17H,2,4-5,9-11H2. The molecule has 3 aliphatic rings. The lowest BCUT2D eigenvalue weighted by Gasteiger charge is -2.32. The summed E-state index contributed by atoms with van der Waals surface area (Å²) in [6.45, 7) is 0.946. The average Bonchev–Trinajstić information content (AvgIpc) is 3.00. The lowest BCUT2D eigenvalue weighted by atomic mass is 9.85. The molecular formula is C17H19NO. The molecule has 0 bridgehead atoms. The fourth-order valence-corrected chi connectivity index (χ4v) is 4.12. The fraction of sp³-hybridized carbons (Fsp3) is 0.471. The molecule has 0 saturated carbocycles. The van der Waals surface area contributed by atoms with Crippen molar-refractivity contribution < 1.29 is 4.79 Å². The monoisotopic (exact) mass is 253 g/mol. The summed E-state index contributed by atoms with van der Waals surface area (Å²) in [5.41, 5.74) is 4.29. The highest BCUT2D eigenvalue weighted by molar-refractivity contribution is 5.82. The van der Waals surface area contributed by atoms with Crippen LogP contribution in [0.4, 0.5) is 0 Å². The number of carbonyl (C=O) groups is 1. The predicted molar refractivity (Wildman–Crippen MR) is 75.4 cm³/mol. The van der Waals surface area contributed by atoms with Gasteiger partial charge in [-0.2, -0.15) is 0 Å². The SMILES string of the molecule is O=C1CCCN1C1c2ccccc2C2=CCCCC21. The highest BCUT2D eigenvalue weighted by Crippen LogP contribution is 2.52. The molecular weight excluding hydrogens is 234 g/mol. The maximum absolute atomic E-state index is 12.2. The second-order valence-corrected chi connectivity index (χ2v) is 5.92. The van der Waals surface area contributed by atoms with E-state index in [0.29, 0.717) is 17.9 Å². The molecule has 1 heterocycles. The van der Waals surface area contributed by atoms with Crippen molar-refractivity contribution in [3.8, 4) is 0 Å². The van der Waals surface area contributed by atoms with Crippen molar-refractivity contribution in [2.75, 3.05) is 6.54 Å². The Hall–Kier alpha value is -1.57. The number of hydrogen-bond acceptors (Lipinski definition) is 1. The summed E-state index contributed by atoms with van der Waals surface area (Å²) < 4.78 is 0. The van der Waals surface area contributed by atoms with Crippen molar-refractivity contribution in [3.05, 3.63) is 41.5 Å². The number of hydrogen-bond donors (Lipinski definition) is 0. The third kappa shape index (κ3) is 1.59. The van der Waals surface area contributed by atoms with E-state index in [2.05, 4.69) is 35.2 Å². The Morgan fingerprint density at radius 1 is 1.16 bits per heavy atom. The van der Waals surface area contributed by atoms with Crippen LogP contribution in [0.3, 0.4) is 0 Å². The summed E-state index contributed by atoms with van der Waals surface area (Å²) in [7, 11) is 0. The van der Waals surface area contributed by atoms with Gasteiger partial charge in [-0.3, -0.25) is 4.79 Å². The topological polar surface area (TPSA) is 20.3 Å². The van der Waals surface area contributed by atoms with E-state index in [1.807, 2.05) is 0 Å². The third-order valence-corrected chi connectivity index (χ3v) is 4.90. The highest BCUT2D eigenvalue weighted by Gasteiger charge is 2.42. The van der Waals surface area contributed by atoms with Crippen LogP contribution in [-0.4, -0.2) is 17.4 Å². The van der Waals surface area contributed by atoms with Gasteiger partial charge < -0.3 is 4.90 Å². The molecule has 0 spiro atoms. The molecule has 2 atom stereocenters. The quantitative estimate of drug-likeness (QED) is 0.749. The molecule has 2 aliphatic carbocycles. The first-order valence-electron chi connectivity index (χ1n) is 7.45. The Labute approximate surface area is 114 Å². The van der Waals surface area contributed by atoms with Crippen molar-refractivity contribution in [3.63, 3.8) is 0 Å². The normalized spacial score (nSPS) is 29.2. The molecule has 0 radical (unpaired) electrons. The fourth-order valence-electron chi connectivity index (χ4n) is 4.12. The van der Waals surface area contributed by atoms with E-state index in [1.54, 1.807) is 0 Å². The summed E-state index contributed by atoms with van der Waals surface area (Å²) in [6.07, 6.45) is 7.87. The van der Waals surface area contributed by atoms with Gasteiger partial charge in [-0.05, 0) is 42.4 Å². The van der Waals surface area contributed by atoms with Crippen LogP contribution in [0.1, 0.15) is 49.3 Å². The summed E-state index contributed by atoms with van der Waals surface area (Å²) in [4.78, 5) is 14.3. The number of benzene rings is 1.